The molecule has 0 aliphatic heterocycles. The van der Waals surface area contributed by atoms with E-state index in [0.29, 0.717) is 29.9 Å². The van der Waals surface area contributed by atoms with Crippen molar-refractivity contribution in [1.82, 2.24) is 10.2 Å². The molecule has 0 spiro atoms. The molecule has 12 heteroatoms. The van der Waals surface area contributed by atoms with Crippen LogP contribution in [0.2, 0.25) is 10.0 Å². The second-order valence-corrected chi connectivity index (χ2v) is 8.69. The molecule has 0 aliphatic rings. The van der Waals surface area contributed by atoms with Crippen molar-refractivity contribution in [2.24, 2.45) is 0 Å². The van der Waals surface area contributed by atoms with Gasteiger partial charge in [0.05, 0.1) is 15.8 Å². The number of hydrogen-bond acceptors (Lipinski definition) is 7. The molecule has 0 unspecified atom stereocenters. The van der Waals surface area contributed by atoms with Crippen molar-refractivity contribution in [2.75, 3.05) is 16.4 Å². The number of hydrogen-bond donors (Lipinski definition) is 2. The second-order valence-electron chi connectivity index (χ2n) is 4.90. The predicted octanol–water partition coefficient (Wildman–Crippen LogP) is 5.18. The number of carbonyl (C=O) groups is 2. The average Bonchev–Trinajstić information content (AvgIpc) is 3.25. The van der Waals surface area contributed by atoms with Gasteiger partial charge in [0, 0.05) is 5.69 Å². The van der Waals surface area contributed by atoms with E-state index in [0.717, 1.165) is 11.3 Å². The number of amides is 2. The number of benzene rings is 1. The van der Waals surface area contributed by atoms with Crippen molar-refractivity contribution >= 4 is 84.9 Å². The fourth-order valence-corrected chi connectivity index (χ4v) is 3.96. The molecule has 0 bridgehead atoms. The van der Waals surface area contributed by atoms with Crippen LogP contribution < -0.4 is 10.6 Å². The molecule has 2 amide bonds. The van der Waals surface area contributed by atoms with Crippen molar-refractivity contribution in [3.05, 3.63) is 50.8 Å². The van der Waals surface area contributed by atoms with Crippen LogP contribution in [0.5, 0.6) is 0 Å². The van der Waals surface area contributed by atoms with Crippen LogP contribution in [0.3, 0.4) is 0 Å². The number of carbonyl (C=O) groups excluding carboxylic acids is 2. The van der Waals surface area contributed by atoms with Gasteiger partial charge < -0.3 is 9.73 Å². The minimum Gasteiger partial charge on any atom is -0.444 e. The molecule has 7 nitrogen and oxygen atoms in total. The maximum absolute atomic E-state index is 12.0. The van der Waals surface area contributed by atoms with Gasteiger partial charge in [-0.25, -0.2) is 0 Å². The minimum atomic E-state index is -0.439. The van der Waals surface area contributed by atoms with E-state index in [4.69, 9.17) is 27.6 Å². The number of aromatic nitrogens is 2. The molecule has 2 aromatic heterocycles. The van der Waals surface area contributed by atoms with E-state index in [9.17, 15) is 9.59 Å². The second kappa shape index (κ2) is 9.07. The molecule has 0 atom stereocenters. The molecular formula is C15H9BrCl2N4O3S2. The van der Waals surface area contributed by atoms with Gasteiger partial charge in [0.2, 0.25) is 11.0 Å². The Kier molecular flexibility index (Phi) is 6.77. The lowest BCUT2D eigenvalue weighted by molar-refractivity contribution is -0.113. The highest BCUT2D eigenvalue weighted by molar-refractivity contribution is 9.10. The predicted molar refractivity (Wildman–Crippen MR) is 110 cm³/mol. The third-order valence-electron chi connectivity index (χ3n) is 2.95. The first-order chi connectivity index (χ1) is 12.9. The van der Waals surface area contributed by atoms with E-state index in [1.807, 2.05) is 0 Å². The van der Waals surface area contributed by atoms with E-state index in [1.165, 1.54) is 17.8 Å². The molecule has 0 aliphatic carbocycles. The Bertz CT molecular complexity index is 995. The Morgan fingerprint density at radius 3 is 2.67 bits per heavy atom. The summed E-state index contributed by atoms with van der Waals surface area (Å²) in [5.41, 5.74) is 0.546. The van der Waals surface area contributed by atoms with Gasteiger partial charge in [-0.1, -0.05) is 46.3 Å². The summed E-state index contributed by atoms with van der Waals surface area (Å²) in [5.74, 6) is -0.411. The number of rotatable bonds is 6. The SMILES string of the molecule is O=C(CSc1nnc(NC(=O)c2ccc(Br)o2)s1)Nc1ccc(Cl)c(Cl)c1. The zero-order valence-corrected chi connectivity index (χ0v) is 17.9. The zero-order chi connectivity index (χ0) is 19.4. The van der Waals surface area contributed by atoms with Crippen molar-refractivity contribution in [1.29, 1.82) is 0 Å². The van der Waals surface area contributed by atoms with Crippen molar-refractivity contribution in [3.63, 3.8) is 0 Å². The van der Waals surface area contributed by atoms with E-state index < -0.39 is 5.91 Å². The van der Waals surface area contributed by atoms with Gasteiger partial charge in [-0.05, 0) is 46.3 Å². The first-order valence-electron chi connectivity index (χ1n) is 7.18. The highest BCUT2D eigenvalue weighted by Gasteiger charge is 2.14. The number of nitrogens with zero attached hydrogens (tertiary/aromatic N) is 2. The van der Waals surface area contributed by atoms with Gasteiger partial charge in [0.15, 0.2) is 14.8 Å². The van der Waals surface area contributed by atoms with E-state index in [-0.39, 0.29) is 17.4 Å². The Morgan fingerprint density at radius 2 is 1.96 bits per heavy atom. The first kappa shape index (κ1) is 20.2. The van der Waals surface area contributed by atoms with Crippen LogP contribution in [-0.2, 0) is 4.79 Å². The number of anilines is 2. The standard InChI is InChI=1S/C15H9BrCl2N4O3S2/c16-11-4-3-10(25-11)13(24)20-14-21-22-15(27-14)26-6-12(23)19-7-1-2-8(17)9(18)5-7/h1-5H,6H2,(H,19,23)(H,20,21,24). The van der Waals surface area contributed by atoms with Gasteiger partial charge >= 0.3 is 0 Å². The molecule has 0 saturated carbocycles. The zero-order valence-electron chi connectivity index (χ0n) is 13.2. The molecule has 3 aromatic rings. The lowest BCUT2D eigenvalue weighted by Gasteiger charge is -2.05. The summed E-state index contributed by atoms with van der Waals surface area (Å²) in [5, 5.41) is 14.2. The normalized spacial score (nSPS) is 10.6. The molecule has 0 radical (unpaired) electrons. The monoisotopic (exact) mass is 506 g/mol. The highest BCUT2D eigenvalue weighted by Crippen LogP contribution is 2.27. The van der Waals surface area contributed by atoms with Gasteiger partial charge in [0.25, 0.3) is 5.91 Å². The average molecular weight is 508 g/mol. The van der Waals surface area contributed by atoms with E-state index in [2.05, 4.69) is 36.8 Å². The van der Waals surface area contributed by atoms with Crippen molar-refractivity contribution in [2.45, 2.75) is 4.34 Å². The quantitative estimate of drug-likeness (QED) is 0.352. The van der Waals surface area contributed by atoms with E-state index >= 15 is 0 Å². The van der Waals surface area contributed by atoms with Gasteiger partial charge in [-0.15, -0.1) is 10.2 Å². The molecule has 0 saturated heterocycles. The molecule has 0 fully saturated rings. The van der Waals surface area contributed by atoms with Crippen LogP contribution >= 0.6 is 62.2 Å². The van der Waals surface area contributed by atoms with Crippen molar-refractivity contribution in [3.8, 4) is 0 Å². The molecule has 1 aromatic carbocycles. The molecule has 140 valence electrons. The van der Waals surface area contributed by atoms with Crippen LogP contribution in [0.15, 0.2) is 43.8 Å². The van der Waals surface area contributed by atoms with E-state index in [1.54, 1.807) is 24.3 Å². The van der Waals surface area contributed by atoms with Crippen LogP contribution in [0, 0.1) is 0 Å². The number of nitrogens with one attached hydrogen (secondary N) is 2. The molecule has 2 N–H and O–H groups in total. The molecule has 27 heavy (non-hydrogen) atoms. The summed E-state index contributed by atoms with van der Waals surface area (Å²) in [6, 6.07) is 7.97. The number of furan rings is 1. The maximum atomic E-state index is 12.0. The van der Waals surface area contributed by atoms with Crippen LogP contribution in [0.1, 0.15) is 10.6 Å². The third kappa shape index (κ3) is 5.69. The fraction of sp³-hybridized carbons (Fsp3) is 0.0667. The Hall–Kier alpha value is -1.59. The highest BCUT2D eigenvalue weighted by atomic mass is 79.9. The van der Waals surface area contributed by atoms with Crippen LogP contribution in [-0.4, -0.2) is 27.8 Å². The Labute approximate surface area is 180 Å². The maximum Gasteiger partial charge on any atom is 0.293 e. The number of halogens is 3. The summed E-state index contributed by atoms with van der Waals surface area (Å²) in [7, 11) is 0. The summed E-state index contributed by atoms with van der Waals surface area (Å²) >= 11 is 17.2. The lowest BCUT2D eigenvalue weighted by Crippen LogP contribution is -2.13. The Morgan fingerprint density at radius 1 is 1.15 bits per heavy atom. The first-order valence-corrected chi connectivity index (χ1v) is 10.5. The summed E-state index contributed by atoms with van der Waals surface area (Å²) in [6.45, 7) is 0. The third-order valence-corrected chi connectivity index (χ3v) is 6.09. The molecular weight excluding hydrogens is 499 g/mol. The fourth-order valence-electron chi connectivity index (χ4n) is 1.81. The largest absolute Gasteiger partial charge is 0.444 e. The molecule has 3 rings (SSSR count). The summed E-state index contributed by atoms with van der Waals surface area (Å²) in [6.07, 6.45) is 0. The smallest absolute Gasteiger partial charge is 0.293 e. The van der Waals surface area contributed by atoms with Gasteiger partial charge in [-0.2, -0.15) is 0 Å². The summed E-state index contributed by atoms with van der Waals surface area (Å²) < 4.78 is 6.15. The Balaban J connectivity index is 1.50. The van der Waals surface area contributed by atoms with Gasteiger partial charge in [0.1, 0.15) is 0 Å². The minimum absolute atomic E-state index is 0.119. The summed E-state index contributed by atoms with van der Waals surface area (Å²) in [4.78, 5) is 24.0. The topological polar surface area (TPSA) is 97.1 Å². The van der Waals surface area contributed by atoms with Crippen molar-refractivity contribution < 1.29 is 14.0 Å². The van der Waals surface area contributed by atoms with Crippen LogP contribution in [0.4, 0.5) is 10.8 Å². The lowest BCUT2D eigenvalue weighted by atomic mass is 10.3. The molecule has 2 heterocycles. The number of thioether (sulfide) groups is 1. The van der Waals surface area contributed by atoms with Gasteiger partial charge in [-0.3, -0.25) is 14.9 Å². The van der Waals surface area contributed by atoms with Crippen LogP contribution in [0.25, 0.3) is 0 Å².